The third-order valence-electron chi connectivity index (χ3n) is 3.09. The molecule has 0 aliphatic carbocycles. The number of hydrogen-bond donors (Lipinski definition) is 1. The molecule has 17 heavy (non-hydrogen) atoms. The molecule has 0 radical (unpaired) electrons. The lowest BCUT2D eigenvalue weighted by Gasteiger charge is -2.23. The molecule has 0 bridgehead atoms. The summed E-state index contributed by atoms with van der Waals surface area (Å²) in [4.78, 5) is 14.1. The molecule has 1 aromatic rings. The van der Waals surface area contributed by atoms with Gasteiger partial charge in [0.25, 0.3) is 0 Å². The first-order valence-electron chi connectivity index (χ1n) is 6.22. The standard InChI is InChI=1S/C13H20N2OS/c1-10(2)14-13(16)8-15-6-3-4-12(15)11-5-7-17-9-11/h5,7,9-10,12H,3-4,6,8H2,1-2H3,(H,14,16)/t12-/m1/s1. The minimum absolute atomic E-state index is 0.141. The molecule has 1 saturated heterocycles. The second kappa shape index (κ2) is 5.65. The van der Waals surface area contributed by atoms with Crippen molar-refractivity contribution in [3.8, 4) is 0 Å². The molecule has 4 heteroatoms. The maximum absolute atomic E-state index is 11.8. The number of carbonyl (C=O) groups excluding carboxylic acids is 1. The van der Waals surface area contributed by atoms with Crippen LogP contribution in [0.1, 0.15) is 38.3 Å². The minimum atomic E-state index is 0.141. The smallest absolute Gasteiger partial charge is 0.234 e. The fraction of sp³-hybridized carbons (Fsp3) is 0.615. The van der Waals surface area contributed by atoms with Crippen molar-refractivity contribution in [2.75, 3.05) is 13.1 Å². The molecule has 0 saturated carbocycles. The van der Waals surface area contributed by atoms with Gasteiger partial charge in [-0.15, -0.1) is 0 Å². The molecule has 1 aromatic heterocycles. The quantitative estimate of drug-likeness (QED) is 0.892. The van der Waals surface area contributed by atoms with E-state index >= 15 is 0 Å². The van der Waals surface area contributed by atoms with E-state index in [9.17, 15) is 4.79 Å². The van der Waals surface area contributed by atoms with Crippen molar-refractivity contribution in [3.05, 3.63) is 22.4 Å². The number of thiophene rings is 1. The van der Waals surface area contributed by atoms with E-state index in [1.165, 1.54) is 18.4 Å². The van der Waals surface area contributed by atoms with Crippen molar-refractivity contribution in [2.24, 2.45) is 0 Å². The van der Waals surface area contributed by atoms with Crippen molar-refractivity contribution in [1.82, 2.24) is 10.2 Å². The average Bonchev–Trinajstić information content (AvgIpc) is 2.84. The van der Waals surface area contributed by atoms with Gasteiger partial charge in [-0.2, -0.15) is 11.3 Å². The molecular formula is C13H20N2OS. The van der Waals surface area contributed by atoms with Gasteiger partial charge in [0.1, 0.15) is 0 Å². The number of rotatable bonds is 4. The van der Waals surface area contributed by atoms with E-state index in [0.717, 1.165) is 6.54 Å². The molecule has 3 nitrogen and oxygen atoms in total. The first-order chi connectivity index (χ1) is 8.16. The summed E-state index contributed by atoms with van der Waals surface area (Å²) in [6.07, 6.45) is 2.36. The first kappa shape index (κ1) is 12.6. The van der Waals surface area contributed by atoms with Crippen molar-refractivity contribution in [2.45, 2.75) is 38.8 Å². The maximum atomic E-state index is 11.8. The highest BCUT2D eigenvalue weighted by Crippen LogP contribution is 2.32. The van der Waals surface area contributed by atoms with Crippen LogP contribution in [0.25, 0.3) is 0 Å². The highest BCUT2D eigenvalue weighted by molar-refractivity contribution is 7.07. The zero-order valence-electron chi connectivity index (χ0n) is 10.5. The van der Waals surface area contributed by atoms with Crippen molar-refractivity contribution in [1.29, 1.82) is 0 Å². The van der Waals surface area contributed by atoms with Crippen LogP contribution in [0, 0.1) is 0 Å². The highest BCUT2D eigenvalue weighted by atomic mass is 32.1. The Balaban J connectivity index is 1.94. The zero-order chi connectivity index (χ0) is 12.3. The van der Waals surface area contributed by atoms with Crippen molar-refractivity contribution in [3.63, 3.8) is 0 Å². The summed E-state index contributed by atoms with van der Waals surface area (Å²) in [6.45, 7) is 5.56. The Morgan fingerprint density at radius 1 is 1.65 bits per heavy atom. The molecule has 0 aromatic carbocycles. The summed E-state index contributed by atoms with van der Waals surface area (Å²) < 4.78 is 0. The van der Waals surface area contributed by atoms with Gasteiger partial charge >= 0.3 is 0 Å². The van der Waals surface area contributed by atoms with Gasteiger partial charge in [0, 0.05) is 12.1 Å². The lowest BCUT2D eigenvalue weighted by Crippen LogP contribution is -2.39. The third-order valence-corrected chi connectivity index (χ3v) is 3.79. The SMILES string of the molecule is CC(C)NC(=O)CN1CCC[C@@H]1c1ccsc1. The Labute approximate surface area is 107 Å². The molecule has 94 valence electrons. The molecule has 1 fully saturated rings. The van der Waals surface area contributed by atoms with Crippen LogP contribution in [0.4, 0.5) is 0 Å². The van der Waals surface area contributed by atoms with Crippen LogP contribution in [-0.2, 0) is 4.79 Å². The van der Waals surface area contributed by atoms with Gasteiger partial charge in [-0.1, -0.05) is 0 Å². The Kier molecular flexibility index (Phi) is 4.18. The van der Waals surface area contributed by atoms with Gasteiger partial charge in [0.15, 0.2) is 0 Å². The van der Waals surface area contributed by atoms with Crippen LogP contribution in [0.3, 0.4) is 0 Å². The van der Waals surface area contributed by atoms with Gasteiger partial charge in [-0.3, -0.25) is 9.69 Å². The van der Waals surface area contributed by atoms with Crippen molar-refractivity contribution >= 4 is 17.2 Å². The number of nitrogens with zero attached hydrogens (tertiary/aromatic N) is 1. The van der Waals surface area contributed by atoms with Crippen molar-refractivity contribution < 1.29 is 4.79 Å². The third kappa shape index (κ3) is 3.30. The summed E-state index contributed by atoms with van der Waals surface area (Å²) in [5.41, 5.74) is 1.37. The minimum Gasteiger partial charge on any atom is -0.353 e. The topological polar surface area (TPSA) is 32.3 Å². The normalized spacial score (nSPS) is 21.0. The summed E-state index contributed by atoms with van der Waals surface area (Å²) in [5, 5.41) is 7.27. The molecule has 2 heterocycles. The predicted octanol–water partition coefficient (Wildman–Crippen LogP) is 2.41. The summed E-state index contributed by atoms with van der Waals surface area (Å²) in [5.74, 6) is 0.141. The Hall–Kier alpha value is -0.870. The summed E-state index contributed by atoms with van der Waals surface area (Å²) in [6, 6.07) is 2.84. The molecule has 1 N–H and O–H groups in total. The molecule has 1 amide bonds. The van der Waals surface area contributed by atoms with Crippen LogP contribution in [0.2, 0.25) is 0 Å². The maximum Gasteiger partial charge on any atom is 0.234 e. The number of nitrogens with one attached hydrogen (secondary N) is 1. The second-order valence-electron chi connectivity index (χ2n) is 4.91. The molecule has 2 rings (SSSR count). The van der Waals surface area contributed by atoms with Crippen LogP contribution in [0.5, 0.6) is 0 Å². The predicted molar refractivity (Wildman–Crippen MR) is 71.1 cm³/mol. The van der Waals surface area contributed by atoms with E-state index in [2.05, 4.69) is 27.0 Å². The number of carbonyl (C=O) groups is 1. The average molecular weight is 252 g/mol. The lowest BCUT2D eigenvalue weighted by atomic mass is 10.1. The Morgan fingerprint density at radius 3 is 3.12 bits per heavy atom. The first-order valence-corrected chi connectivity index (χ1v) is 7.16. The van der Waals surface area contributed by atoms with Gasteiger partial charge in [-0.25, -0.2) is 0 Å². The van der Waals surface area contributed by atoms with Gasteiger partial charge in [0.2, 0.25) is 5.91 Å². The fourth-order valence-corrected chi connectivity index (χ4v) is 3.12. The highest BCUT2D eigenvalue weighted by Gasteiger charge is 2.27. The van der Waals surface area contributed by atoms with E-state index < -0.39 is 0 Å². The zero-order valence-corrected chi connectivity index (χ0v) is 11.3. The Morgan fingerprint density at radius 2 is 2.47 bits per heavy atom. The van der Waals surface area contributed by atoms with E-state index in [0.29, 0.717) is 12.6 Å². The number of amides is 1. The van der Waals surface area contributed by atoms with Crippen LogP contribution < -0.4 is 5.32 Å². The second-order valence-corrected chi connectivity index (χ2v) is 5.69. The van der Waals surface area contributed by atoms with Crippen LogP contribution in [0.15, 0.2) is 16.8 Å². The summed E-state index contributed by atoms with van der Waals surface area (Å²) >= 11 is 1.73. The Bertz CT molecular complexity index is 362. The van der Waals surface area contributed by atoms with Crippen LogP contribution >= 0.6 is 11.3 Å². The molecule has 1 aliphatic heterocycles. The lowest BCUT2D eigenvalue weighted by molar-refractivity contribution is -0.122. The van der Waals surface area contributed by atoms with Crippen LogP contribution in [-0.4, -0.2) is 29.9 Å². The summed E-state index contributed by atoms with van der Waals surface area (Å²) in [7, 11) is 0. The molecule has 0 unspecified atom stereocenters. The van der Waals surface area contributed by atoms with E-state index in [1.54, 1.807) is 11.3 Å². The largest absolute Gasteiger partial charge is 0.353 e. The van der Waals surface area contributed by atoms with E-state index in [-0.39, 0.29) is 11.9 Å². The number of likely N-dealkylation sites (tertiary alicyclic amines) is 1. The van der Waals surface area contributed by atoms with E-state index in [1.807, 2.05) is 13.8 Å². The van der Waals surface area contributed by atoms with Gasteiger partial charge in [0.05, 0.1) is 6.54 Å². The van der Waals surface area contributed by atoms with Gasteiger partial charge in [-0.05, 0) is 55.6 Å². The molecule has 1 aliphatic rings. The molecular weight excluding hydrogens is 232 g/mol. The number of hydrogen-bond acceptors (Lipinski definition) is 3. The molecule has 0 spiro atoms. The van der Waals surface area contributed by atoms with E-state index in [4.69, 9.17) is 0 Å². The molecule has 1 atom stereocenters. The van der Waals surface area contributed by atoms with Gasteiger partial charge < -0.3 is 5.32 Å². The monoisotopic (exact) mass is 252 g/mol. The fourth-order valence-electron chi connectivity index (χ4n) is 2.41.